The van der Waals surface area contributed by atoms with Crippen LogP contribution >= 0.6 is 0 Å². The highest BCUT2D eigenvalue weighted by Gasteiger charge is 2.39. The summed E-state index contributed by atoms with van der Waals surface area (Å²) in [6.07, 6.45) is 2.49. The molecule has 0 fully saturated rings. The summed E-state index contributed by atoms with van der Waals surface area (Å²) >= 11 is 0. The van der Waals surface area contributed by atoms with E-state index < -0.39 is 0 Å². The molecule has 29 heavy (non-hydrogen) atoms. The van der Waals surface area contributed by atoms with Gasteiger partial charge in [-0.15, -0.1) is 0 Å². The van der Waals surface area contributed by atoms with Gasteiger partial charge in [-0.1, -0.05) is 105 Å². The summed E-state index contributed by atoms with van der Waals surface area (Å²) in [5.74, 6) is 0.674. The van der Waals surface area contributed by atoms with E-state index in [2.05, 4.69) is 74.5 Å². The molecule has 0 amide bonds. The lowest BCUT2D eigenvalue weighted by atomic mass is 9.62. The summed E-state index contributed by atoms with van der Waals surface area (Å²) in [6.45, 7) is 4.60. The van der Waals surface area contributed by atoms with Gasteiger partial charge in [0.25, 0.3) is 0 Å². The molecule has 0 aliphatic heterocycles. The first kappa shape index (κ1) is 19.4. The van der Waals surface area contributed by atoms with E-state index in [0.29, 0.717) is 12.3 Å². The monoisotopic (exact) mass is 380 g/mol. The van der Waals surface area contributed by atoms with E-state index in [4.69, 9.17) is 0 Å². The number of ketones is 1. The smallest absolute Gasteiger partial charge is 0.163 e. The topological polar surface area (TPSA) is 17.1 Å². The molecular formula is C28H28O. The molecule has 0 saturated heterocycles. The Labute approximate surface area is 174 Å². The van der Waals surface area contributed by atoms with Crippen molar-refractivity contribution in [2.45, 2.75) is 33.1 Å². The number of benzene rings is 3. The van der Waals surface area contributed by atoms with Gasteiger partial charge in [0.15, 0.2) is 5.78 Å². The highest BCUT2D eigenvalue weighted by Crippen LogP contribution is 2.51. The van der Waals surface area contributed by atoms with Crippen molar-refractivity contribution >= 4 is 16.9 Å². The lowest BCUT2D eigenvalue weighted by Crippen LogP contribution is -2.32. The molecule has 0 heterocycles. The van der Waals surface area contributed by atoms with Gasteiger partial charge in [-0.25, -0.2) is 0 Å². The molecule has 0 unspecified atom stereocenters. The van der Waals surface area contributed by atoms with Crippen molar-refractivity contribution in [1.29, 1.82) is 0 Å². The maximum atomic E-state index is 13.0. The second-order valence-electron chi connectivity index (χ2n) is 8.59. The van der Waals surface area contributed by atoms with E-state index in [9.17, 15) is 4.79 Å². The zero-order chi connectivity index (χ0) is 20.3. The van der Waals surface area contributed by atoms with Gasteiger partial charge in [0.1, 0.15) is 0 Å². The molecular weight excluding hydrogens is 352 g/mol. The van der Waals surface area contributed by atoms with Crippen LogP contribution < -0.4 is 0 Å². The summed E-state index contributed by atoms with van der Waals surface area (Å²) < 4.78 is 0. The Kier molecular flexibility index (Phi) is 5.49. The Hall–Kier alpha value is -2.93. The van der Waals surface area contributed by atoms with Crippen LogP contribution in [-0.4, -0.2) is 5.78 Å². The fourth-order valence-electron chi connectivity index (χ4n) is 4.54. The van der Waals surface area contributed by atoms with Gasteiger partial charge in [0.05, 0.1) is 0 Å². The molecule has 0 saturated carbocycles. The molecule has 1 heteroatoms. The number of allylic oxidation sites excluding steroid dienone is 2. The number of carbonyl (C=O) groups is 1. The van der Waals surface area contributed by atoms with Gasteiger partial charge in [0.2, 0.25) is 0 Å². The predicted octanol–water partition coefficient (Wildman–Crippen LogP) is 7.31. The summed E-state index contributed by atoms with van der Waals surface area (Å²) in [4.78, 5) is 13.0. The molecule has 146 valence electrons. The van der Waals surface area contributed by atoms with Gasteiger partial charge in [-0.3, -0.25) is 4.79 Å². The largest absolute Gasteiger partial charge is 0.294 e. The second-order valence-corrected chi connectivity index (χ2v) is 8.59. The summed E-state index contributed by atoms with van der Waals surface area (Å²) in [5.41, 5.74) is 6.15. The third kappa shape index (κ3) is 4.10. The SMILES string of the molecule is C[C@H]1CC(c2ccccc2)=C(c2ccccc2)C[C@@]1(C)CC(=O)c1ccccc1. The molecule has 1 aliphatic carbocycles. The van der Waals surface area contributed by atoms with E-state index in [1.54, 1.807) is 0 Å². The molecule has 0 aromatic heterocycles. The van der Waals surface area contributed by atoms with Gasteiger partial charge in [0, 0.05) is 12.0 Å². The number of Topliss-reactive ketones (excluding diaryl/α,β-unsaturated/α-hetero) is 1. The number of carbonyl (C=O) groups excluding carboxylic acids is 1. The molecule has 1 nitrogen and oxygen atoms in total. The molecule has 0 radical (unpaired) electrons. The quantitative estimate of drug-likeness (QED) is 0.424. The Bertz CT molecular complexity index is 1000. The van der Waals surface area contributed by atoms with Crippen LogP contribution in [0.4, 0.5) is 0 Å². The van der Waals surface area contributed by atoms with Crippen molar-refractivity contribution in [3.05, 3.63) is 108 Å². The summed E-state index contributed by atoms with van der Waals surface area (Å²) in [7, 11) is 0. The minimum atomic E-state index is -0.0591. The highest BCUT2D eigenvalue weighted by molar-refractivity contribution is 5.97. The zero-order valence-electron chi connectivity index (χ0n) is 17.3. The van der Waals surface area contributed by atoms with E-state index in [1.807, 2.05) is 30.3 Å². The first-order valence-corrected chi connectivity index (χ1v) is 10.5. The van der Waals surface area contributed by atoms with Crippen molar-refractivity contribution < 1.29 is 4.79 Å². The van der Waals surface area contributed by atoms with Crippen molar-refractivity contribution in [1.82, 2.24) is 0 Å². The maximum absolute atomic E-state index is 13.0. The molecule has 3 aromatic rings. The van der Waals surface area contributed by atoms with Crippen LogP contribution in [0.3, 0.4) is 0 Å². The Morgan fingerprint density at radius 2 is 1.28 bits per heavy atom. The van der Waals surface area contributed by atoms with Crippen LogP contribution in [0.25, 0.3) is 11.1 Å². The standard InChI is InChI=1S/C28H28O/c1-21-18-25(22-12-6-3-7-13-22)26(23-14-8-4-9-15-23)19-28(21,2)20-27(29)24-16-10-5-11-17-24/h3-17,21H,18-20H2,1-2H3/t21-,28-/m0/s1. The molecule has 2 atom stereocenters. The van der Waals surface area contributed by atoms with Crippen LogP contribution in [0.1, 0.15) is 54.6 Å². The van der Waals surface area contributed by atoms with Gasteiger partial charge < -0.3 is 0 Å². The van der Waals surface area contributed by atoms with E-state index >= 15 is 0 Å². The van der Waals surface area contributed by atoms with Gasteiger partial charge >= 0.3 is 0 Å². The van der Waals surface area contributed by atoms with Crippen LogP contribution in [0, 0.1) is 11.3 Å². The molecule has 3 aromatic carbocycles. The Morgan fingerprint density at radius 1 is 0.793 bits per heavy atom. The first-order chi connectivity index (χ1) is 14.1. The second kappa shape index (κ2) is 8.21. The lowest BCUT2D eigenvalue weighted by molar-refractivity contribution is 0.0867. The summed E-state index contributed by atoms with van der Waals surface area (Å²) in [5, 5.41) is 0. The van der Waals surface area contributed by atoms with Crippen LogP contribution in [0.5, 0.6) is 0 Å². The minimum Gasteiger partial charge on any atom is -0.294 e. The van der Waals surface area contributed by atoms with Crippen molar-refractivity contribution in [2.24, 2.45) is 11.3 Å². The van der Waals surface area contributed by atoms with Crippen molar-refractivity contribution in [2.75, 3.05) is 0 Å². The van der Waals surface area contributed by atoms with Crippen LogP contribution in [0.15, 0.2) is 91.0 Å². The number of rotatable bonds is 5. The fourth-order valence-corrected chi connectivity index (χ4v) is 4.54. The Balaban J connectivity index is 1.73. The average molecular weight is 381 g/mol. The maximum Gasteiger partial charge on any atom is 0.163 e. The van der Waals surface area contributed by atoms with Crippen LogP contribution in [0.2, 0.25) is 0 Å². The van der Waals surface area contributed by atoms with Crippen molar-refractivity contribution in [3.63, 3.8) is 0 Å². The molecule has 1 aliphatic rings. The zero-order valence-corrected chi connectivity index (χ0v) is 17.3. The predicted molar refractivity (Wildman–Crippen MR) is 122 cm³/mol. The van der Waals surface area contributed by atoms with Gasteiger partial charge in [-0.05, 0) is 46.4 Å². The molecule has 0 N–H and O–H groups in total. The molecule has 0 bridgehead atoms. The molecule has 4 rings (SSSR count). The minimum absolute atomic E-state index is 0.0591. The highest BCUT2D eigenvalue weighted by atomic mass is 16.1. The van der Waals surface area contributed by atoms with Crippen LogP contribution in [-0.2, 0) is 0 Å². The van der Waals surface area contributed by atoms with E-state index in [1.165, 1.54) is 22.3 Å². The average Bonchev–Trinajstić information content (AvgIpc) is 2.77. The number of hydrogen-bond donors (Lipinski definition) is 0. The third-order valence-corrected chi connectivity index (χ3v) is 6.55. The lowest BCUT2D eigenvalue weighted by Gasteiger charge is -2.42. The summed E-state index contributed by atoms with van der Waals surface area (Å²) in [6, 6.07) is 31.1. The Morgan fingerprint density at radius 3 is 1.83 bits per heavy atom. The fraction of sp³-hybridized carbons (Fsp3) is 0.250. The third-order valence-electron chi connectivity index (χ3n) is 6.55. The van der Waals surface area contributed by atoms with Gasteiger partial charge in [-0.2, -0.15) is 0 Å². The van der Waals surface area contributed by atoms with Crippen molar-refractivity contribution in [3.8, 4) is 0 Å². The molecule has 0 spiro atoms. The normalized spacial score (nSPS) is 21.8. The first-order valence-electron chi connectivity index (χ1n) is 10.5. The van der Waals surface area contributed by atoms with E-state index in [-0.39, 0.29) is 11.2 Å². The van der Waals surface area contributed by atoms with E-state index in [0.717, 1.165) is 18.4 Å². The number of hydrogen-bond acceptors (Lipinski definition) is 1.